The van der Waals surface area contributed by atoms with E-state index in [0.29, 0.717) is 38.2 Å². The fourth-order valence-corrected chi connectivity index (χ4v) is 2.60. The largest absolute Gasteiger partial charge is 0.457 e. The normalized spacial score (nSPS) is 15.1. The highest BCUT2D eigenvalue weighted by atomic mass is 16.5. The van der Waals surface area contributed by atoms with E-state index in [1.165, 1.54) is 0 Å². The number of amides is 1. The molecule has 124 valence electrons. The van der Waals surface area contributed by atoms with E-state index in [4.69, 9.17) is 4.74 Å². The molecule has 0 aromatic heterocycles. The monoisotopic (exact) mass is 324 g/mol. The Labute approximate surface area is 141 Å². The van der Waals surface area contributed by atoms with Crippen LogP contribution in [-0.4, -0.2) is 36.2 Å². The molecule has 0 bridgehead atoms. The van der Waals surface area contributed by atoms with Crippen molar-refractivity contribution in [2.24, 2.45) is 0 Å². The first-order valence-electron chi connectivity index (χ1n) is 8.06. The number of rotatable bonds is 5. The van der Waals surface area contributed by atoms with Crippen molar-refractivity contribution in [1.29, 1.82) is 0 Å². The Morgan fingerprint density at radius 2 is 1.58 bits per heavy atom. The molecule has 0 unspecified atom stereocenters. The summed E-state index contributed by atoms with van der Waals surface area (Å²) in [7, 11) is 0. The molecule has 3 rings (SSSR count). The average Bonchev–Trinajstić information content (AvgIpc) is 2.60. The SMILES string of the molecule is O=C1CCN(CC(=O)Nc2ccc(Oc3ccccc3)cc2)CC1. The third kappa shape index (κ3) is 4.67. The highest BCUT2D eigenvalue weighted by Crippen LogP contribution is 2.22. The number of carbonyl (C=O) groups excluding carboxylic acids is 2. The van der Waals surface area contributed by atoms with Crippen molar-refractivity contribution in [3.63, 3.8) is 0 Å². The number of anilines is 1. The van der Waals surface area contributed by atoms with Gasteiger partial charge >= 0.3 is 0 Å². The molecule has 1 aliphatic heterocycles. The van der Waals surface area contributed by atoms with Crippen LogP contribution >= 0.6 is 0 Å². The van der Waals surface area contributed by atoms with Crippen LogP contribution in [0.25, 0.3) is 0 Å². The van der Waals surface area contributed by atoms with Crippen LogP contribution in [0.5, 0.6) is 11.5 Å². The second kappa shape index (κ2) is 7.75. The predicted octanol–water partition coefficient (Wildman–Crippen LogP) is 3.08. The summed E-state index contributed by atoms with van der Waals surface area (Å²) in [5, 5.41) is 2.87. The first kappa shape index (κ1) is 16.2. The van der Waals surface area contributed by atoms with E-state index in [1.807, 2.05) is 59.5 Å². The molecule has 0 radical (unpaired) electrons. The molecule has 1 aliphatic rings. The average molecular weight is 324 g/mol. The zero-order chi connectivity index (χ0) is 16.8. The van der Waals surface area contributed by atoms with Gasteiger partial charge in [-0.3, -0.25) is 14.5 Å². The van der Waals surface area contributed by atoms with Crippen LogP contribution in [0.3, 0.4) is 0 Å². The fraction of sp³-hybridized carbons (Fsp3) is 0.263. The molecule has 5 nitrogen and oxygen atoms in total. The fourth-order valence-electron chi connectivity index (χ4n) is 2.60. The van der Waals surface area contributed by atoms with Crippen molar-refractivity contribution in [3.8, 4) is 11.5 Å². The molecule has 1 saturated heterocycles. The highest BCUT2D eigenvalue weighted by molar-refractivity contribution is 5.92. The summed E-state index contributed by atoms with van der Waals surface area (Å²) in [6.45, 7) is 1.64. The Morgan fingerprint density at radius 3 is 2.25 bits per heavy atom. The molecular formula is C19H20N2O3. The minimum atomic E-state index is -0.0684. The number of piperidine rings is 1. The van der Waals surface area contributed by atoms with Crippen molar-refractivity contribution in [1.82, 2.24) is 4.90 Å². The lowest BCUT2D eigenvalue weighted by atomic mass is 10.1. The van der Waals surface area contributed by atoms with Gasteiger partial charge in [0.25, 0.3) is 0 Å². The van der Waals surface area contributed by atoms with Crippen LogP contribution in [-0.2, 0) is 9.59 Å². The van der Waals surface area contributed by atoms with Gasteiger partial charge in [-0.25, -0.2) is 0 Å². The van der Waals surface area contributed by atoms with E-state index in [9.17, 15) is 9.59 Å². The van der Waals surface area contributed by atoms with Gasteiger partial charge in [-0.2, -0.15) is 0 Å². The molecule has 24 heavy (non-hydrogen) atoms. The van der Waals surface area contributed by atoms with E-state index in [0.717, 1.165) is 11.4 Å². The number of benzene rings is 2. The van der Waals surface area contributed by atoms with Gasteiger partial charge in [0.2, 0.25) is 5.91 Å². The standard InChI is InChI=1S/C19H20N2O3/c22-16-10-12-21(13-11-16)14-19(23)20-15-6-8-18(9-7-15)24-17-4-2-1-3-5-17/h1-9H,10-14H2,(H,20,23). The van der Waals surface area contributed by atoms with Gasteiger partial charge in [-0.05, 0) is 36.4 Å². The lowest BCUT2D eigenvalue weighted by Gasteiger charge is -2.24. The number of likely N-dealkylation sites (tertiary alicyclic amines) is 1. The maximum atomic E-state index is 12.1. The van der Waals surface area contributed by atoms with Crippen LogP contribution in [0.1, 0.15) is 12.8 Å². The topological polar surface area (TPSA) is 58.6 Å². The van der Waals surface area contributed by atoms with Crippen molar-refractivity contribution >= 4 is 17.4 Å². The maximum Gasteiger partial charge on any atom is 0.238 e. The summed E-state index contributed by atoms with van der Waals surface area (Å²) in [4.78, 5) is 25.3. The number of para-hydroxylation sites is 1. The third-order valence-corrected chi connectivity index (χ3v) is 3.90. The Hall–Kier alpha value is -2.66. The van der Waals surface area contributed by atoms with Crippen LogP contribution in [0.15, 0.2) is 54.6 Å². The Morgan fingerprint density at radius 1 is 0.958 bits per heavy atom. The van der Waals surface area contributed by atoms with Gasteiger partial charge in [-0.15, -0.1) is 0 Å². The lowest BCUT2D eigenvalue weighted by molar-refractivity contribution is -0.124. The number of nitrogens with one attached hydrogen (secondary N) is 1. The lowest BCUT2D eigenvalue weighted by Crippen LogP contribution is -2.39. The molecule has 1 fully saturated rings. The highest BCUT2D eigenvalue weighted by Gasteiger charge is 2.18. The smallest absolute Gasteiger partial charge is 0.238 e. The zero-order valence-electron chi connectivity index (χ0n) is 13.4. The van der Waals surface area contributed by atoms with Gasteiger partial charge in [0.05, 0.1) is 6.54 Å². The van der Waals surface area contributed by atoms with Gasteiger partial charge in [0.1, 0.15) is 17.3 Å². The molecule has 2 aromatic carbocycles. The minimum Gasteiger partial charge on any atom is -0.457 e. The zero-order valence-corrected chi connectivity index (χ0v) is 13.4. The molecule has 1 N–H and O–H groups in total. The van der Waals surface area contributed by atoms with E-state index < -0.39 is 0 Å². The third-order valence-electron chi connectivity index (χ3n) is 3.90. The molecule has 1 heterocycles. The Kier molecular flexibility index (Phi) is 5.23. The Bertz CT molecular complexity index is 688. The summed E-state index contributed by atoms with van der Waals surface area (Å²) in [6, 6.07) is 16.8. The van der Waals surface area contributed by atoms with E-state index in [-0.39, 0.29) is 11.7 Å². The molecular weight excluding hydrogens is 304 g/mol. The molecule has 0 spiro atoms. The molecule has 1 amide bonds. The van der Waals surface area contributed by atoms with Crippen molar-refractivity contribution in [2.75, 3.05) is 25.0 Å². The van der Waals surface area contributed by atoms with E-state index in [2.05, 4.69) is 5.32 Å². The molecule has 0 aliphatic carbocycles. The van der Waals surface area contributed by atoms with Gasteiger partial charge in [-0.1, -0.05) is 18.2 Å². The van der Waals surface area contributed by atoms with Gasteiger partial charge in [0.15, 0.2) is 0 Å². The van der Waals surface area contributed by atoms with Crippen LogP contribution in [0.4, 0.5) is 5.69 Å². The second-order valence-corrected chi connectivity index (χ2v) is 5.80. The number of ether oxygens (including phenoxy) is 1. The molecule has 0 atom stereocenters. The van der Waals surface area contributed by atoms with Crippen LogP contribution in [0.2, 0.25) is 0 Å². The summed E-state index contributed by atoms with van der Waals surface area (Å²) in [5.74, 6) is 1.70. The van der Waals surface area contributed by atoms with Crippen LogP contribution in [0, 0.1) is 0 Å². The number of carbonyl (C=O) groups is 2. The Balaban J connectivity index is 1.50. The van der Waals surface area contributed by atoms with Crippen molar-refractivity contribution in [3.05, 3.63) is 54.6 Å². The summed E-state index contributed by atoms with van der Waals surface area (Å²) in [5.41, 5.74) is 0.730. The summed E-state index contributed by atoms with van der Waals surface area (Å²) >= 11 is 0. The molecule has 5 heteroatoms. The predicted molar refractivity (Wildman–Crippen MR) is 92.3 cm³/mol. The number of hydrogen-bond acceptors (Lipinski definition) is 4. The first-order valence-corrected chi connectivity index (χ1v) is 8.06. The van der Waals surface area contributed by atoms with Crippen molar-refractivity contribution < 1.29 is 14.3 Å². The van der Waals surface area contributed by atoms with Crippen LogP contribution < -0.4 is 10.1 Å². The number of hydrogen-bond donors (Lipinski definition) is 1. The summed E-state index contributed by atoms with van der Waals surface area (Å²) < 4.78 is 5.72. The number of Topliss-reactive ketones (excluding diaryl/α,β-unsaturated/α-hetero) is 1. The summed E-state index contributed by atoms with van der Waals surface area (Å²) in [6.07, 6.45) is 1.08. The minimum absolute atomic E-state index is 0.0684. The quantitative estimate of drug-likeness (QED) is 0.918. The van der Waals surface area contributed by atoms with E-state index >= 15 is 0 Å². The molecule has 0 saturated carbocycles. The first-order chi connectivity index (χ1) is 11.7. The van der Waals surface area contributed by atoms with Gasteiger partial charge < -0.3 is 10.1 Å². The van der Waals surface area contributed by atoms with E-state index in [1.54, 1.807) is 0 Å². The molecule has 2 aromatic rings. The van der Waals surface area contributed by atoms with Gasteiger partial charge in [0, 0.05) is 31.6 Å². The van der Waals surface area contributed by atoms with Crippen molar-refractivity contribution in [2.45, 2.75) is 12.8 Å². The second-order valence-electron chi connectivity index (χ2n) is 5.80. The maximum absolute atomic E-state index is 12.1. The number of ketones is 1. The number of nitrogens with zero attached hydrogens (tertiary/aromatic N) is 1.